The van der Waals surface area contributed by atoms with Crippen LogP contribution in [0.5, 0.6) is 0 Å². The van der Waals surface area contributed by atoms with Gasteiger partial charge in [-0.2, -0.15) is 0 Å². The number of nitrogens with zero attached hydrogens (tertiary/aromatic N) is 1. The molecule has 0 aliphatic carbocycles. The van der Waals surface area contributed by atoms with Gasteiger partial charge in [-0.25, -0.2) is 13.6 Å². The summed E-state index contributed by atoms with van der Waals surface area (Å²) in [5, 5.41) is 0. The van der Waals surface area contributed by atoms with Crippen LogP contribution in [0.1, 0.15) is 28.0 Å². The lowest BCUT2D eigenvalue weighted by molar-refractivity contribution is 0.0585. The molecule has 0 unspecified atom stereocenters. The number of pyridine rings is 1. The van der Waals surface area contributed by atoms with Crippen LogP contribution in [0.4, 0.5) is 8.78 Å². The summed E-state index contributed by atoms with van der Waals surface area (Å²) in [7, 11) is 1.12. The Morgan fingerprint density at radius 1 is 1.67 bits per heavy atom. The van der Waals surface area contributed by atoms with Crippen LogP contribution in [0.2, 0.25) is 0 Å². The molecule has 0 aromatic carbocycles. The lowest BCUT2D eigenvalue weighted by Crippen LogP contribution is -2.14. The number of methoxy groups -OCH3 is 1. The highest BCUT2D eigenvalue weighted by Gasteiger charge is 2.23. The van der Waals surface area contributed by atoms with Crippen LogP contribution in [0, 0.1) is 0 Å². The average Bonchev–Trinajstić information content (AvgIpc) is 2.26. The predicted molar refractivity (Wildman–Crippen MR) is 48.4 cm³/mol. The minimum absolute atomic E-state index is 0.0212. The largest absolute Gasteiger partial charge is 0.465 e. The van der Waals surface area contributed by atoms with E-state index in [4.69, 9.17) is 5.73 Å². The Labute approximate surface area is 85.1 Å². The lowest BCUT2D eigenvalue weighted by Gasteiger charge is -2.09. The van der Waals surface area contributed by atoms with E-state index in [1.807, 2.05) is 0 Å². The Morgan fingerprint density at radius 3 is 2.80 bits per heavy atom. The standard InChI is InChI=1S/C9H10F2N2O2/c1-15-9(14)6-5(4-12)2-3-13-7(6)8(10)11/h2-3,8H,4,12H2,1H3. The monoisotopic (exact) mass is 216 g/mol. The van der Waals surface area contributed by atoms with E-state index >= 15 is 0 Å². The van der Waals surface area contributed by atoms with Crippen molar-refractivity contribution in [2.75, 3.05) is 7.11 Å². The number of aromatic nitrogens is 1. The van der Waals surface area contributed by atoms with Gasteiger partial charge in [-0.1, -0.05) is 0 Å². The van der Waals surface area contributed by atoms with E-state index in [1.54, 1.807) is 0 Å². The number of alkyl halides is 2. The first kappa shape index (κ1) is 11.5. The number of ether oxygens (including phenoxy) is 1. The maximum atomic E-state index is 12.5. The normalized spacial score (nSPS) is 10.5. The quantitative estimate of drug-likeness (QED) is 0.772. The van der Waals surface area contributed by atoms with Crippen molar-refractivity contribution in [3.63, 3.8) is 0 Å². The first-order valence-electron chi connectivity index (χ1n) is 4.16. The molecule has 1 heterocycles. The third kappa shape index (κ3) is 2.27. The number of carbonyl (C=O) groups is 1. The zero-order chi connectivity index (χ0) is 11.4. The fourth-order valence-corrected chi connectivity index (χ4v) is 1.19. The molecule has 0 radical (unpaired) electrons. The SMILES string of the molecule is COC(=O)c1c(CN)ccnc1C(F)F. The summed E-state index contributed by atoms with van der Waals surface area (Å²) >= 11 is 0. The molecule has 0 bridgehead atoms. The summed E-state index contributed by atoms with van der Waals surface area (Å²) in [4.78, 5) is 14.7. The van der Waals surface area contributed by atoms with Gasteiger partial charge >= 0.3 is 5.97 Å². The van der Waals surface area contributed by atoms with Crippen molar-refractivity contribution in [2.24, 2.45) is 5.73 Å². The predicted octanol–water partition coefficient (Wildman–Crippen LogP) is 1.26. The lowest BCUT2D eigenvalue weighted by atomic mass is 10.1. The minimum Gasteiger partial charge on any atom is -0.465 e. The van der Waals surface area contributed by atoms with Gasteiger partial charge in [0.2, 0.25) is 0 Å². The van der Waals surface area contributed by atoms with Crippen molar-refractivity contribution < 1.29 is 18.3 Å². The molecule has 0 saturated heterocycles. The van der Waals surface area contributed by atoms with Gasteiger partial charge in [0.1, 0.15) is 5.69 Å². The summed E-state index contributed by atoms with van der Waals surface area (Å²) in [5.74, 6) is -0.848. The van der Waals surface area contributed by atoms with Crippen LogP contribution in [0.15, 0.2) is 12.3 Å². The van der Waals surface area contributed by atoms with E-state index in [0.717, 1.165) is 7.11 Å². The van der Waals surface area contributed by atoms with Crippen LogP contribution in [-0.4, -0.2) is 18.1 Å². The summed E-state index contributed by atoms with van der Waals surface area (Å²) in [5.41, 5.74) is 4.80. The Bertz CT molecular complexity index is 369. The molecule has 2 N–H and O–H groups in total. The first-order chi connectivity index (χ1) is 7.11. The smallest absolute Gasteiger partial charge is 0.340 e. The number of hydrogen-bond donors (Lipinski definition) is 1. The molecule has 0 aliphatic rings. The average molecular weight is 216 g/mol. The summed E-state index contributed by atoms with van der Waals surface area (Å²) in [6.45, 7) is -0.0212. The highest BCUT2D eigenvalue weighted by molar-refractivity contribution is 5.92. The first-order valence-corrected chi connectivity index (χ1v) is 4.16. The van der Waals surface area contributed by atoms with E-state index in [1.165, 1.54) is 12.3 Å². The van der Waals surface area contributed by atoms with Gasteiger partial charge in [-0.15, -0.1) is 0 Å². The van der Waals surface area contributed by atoms with Gasteiger partial charge in [-0.3, -0.25) is 4.98 Å². The second kappa shape index (κ2) is 4.79. The molecule has 6 heteroatoms. The Morgan fingerprint density at radius 2 is 2.33 bits per heavy atom. The fourth-order valence-electron chi connectivity index (χ4n) is 1.19. The molecule has 1 rings (SSSR count). The number of hydrogen-bond acceptors (Lipinski definition) is 4. The van der Waals surface area contributed by atoms with E-state index in [0.29, 0.717) is 5.56 Å². The summed E-state index contributed by atoms with van der Waals surface area (Å²) in [6.07, 6.45) is -1.64. The molecule has 0 atom stereocenters. The minimum atomic E-state index is -2.83. The maximum absolute atomic E-state index is 12.5. The number of rotatable bonds is 3. The van der Waals surface area contributed by atoms with Crippen molar-refractivity contribution in [1.82, 2.24) is 4.98 Å². The molecule has 0 spiro atoms. The van der Waals surface area contributed by atoms with Crippen molar-refractivity contribution in [2.45, 2.75) is 13.0 Å². The number of carbonyl (C=O) groups excluding carboxylic acids is 1. The van der Waals surface area contributed by atoms with Crippen molar-refractivity contribution in [3.05, 3.63) is 29.1 Å². The zero-order valence-electron chi connectivity index (χ0n) is 8.04. The van der Waals surface area contributed by atoms with Gasteiger partial charge in [0, 0.05) is 12.7 Å². The molecule has 1 aromatic heterocycles. The van der Waals surface area contributed by atoms with Gasteiger partial charge < -0.3 is 10.5 Å². The molecule has 15 heavy (non-hydrogen) atoms. The van der Waals surface area contributed by atoms with Gasteiger partial charge in [-0.05, 0) is 11.6 Å². The highest BCUT2D eigenvalue weighted by Crippen LogP contribution is 2.23. The fraction of sp³-hybridized carbons (Fsp3) is 0.333. The van der Waals surface area contributed by atoms with Crippen LogP contribution in [0.25, 0.3) is 0 Å². The molecule has 4 nitrogen and oxygen atoms in total. The van der Waals surface area contributed by atoms with E-state index in [-0.39, 0.29) is 12.1 Å². The second-order valence-corrected chi connectivity index (χ2v) is 2.73. The van der Waals surface area contributed by atoms with E-state index in [9.17, 15) is 13.6 Å². The molecule has 0 aliphatic heterocycles. The van der Waals surface area contributed by atoms with Crippen LogP contribution in [0.3, 0.4) is 0 Å². The third-order valence-electron chi connectivity index (χ3n) is 1.88. The Kier molecular flexibility index (Phi) is 3.68. The van der Waals surface area contributed by atoms with Crippen molar-refractivity contribution in [1.29, 1.82) is 0 Å². The number of esters is 1. The van der Waals surface area contributed by atoms with Crippen molar-refractivity contribution in [3.8, 4) is 0 Å². The van der Waals surface area contributed by atoms with Gasteiger partial charge in [0.05, 0.1) is 12.7 Å². The highest BCUT2D eigenvalue weighted by atomic mass is 19.3. The molecule has 0 amide bonds. The van der Waals surface area contributed by atoms with E-state index < -0.39 is 18.1 Å². The molecule has 1 aromatic rings. The molecule has 0 saturated carbocycles. The van der Waals surface area contributed by atoms with E-state index in [2.05, 4.69) is 9.72 Å². The Hall–Kier alpha value is -1.56. The Balaban J connectivity index is 3.33. The molecular weight excluding hydrogens is 206 g/mol. The zero-order valence-corrected chi connectivity index (χ0v) is 8.04. The maximum Gasteiger partial charge on any atom is 0.340 e. The van der Waals surface area contributed by atoms with Gasteiger partial charge in [0.25, 0.3) is 6.43 Å². The third-order valence-corrected chi connectivity index (χ3v) is 1.88. The van der Waals surface area contributed by atoms with Crippen molar-refractivity contribution >= 4 is 5.97 Å². The van der Waals surface area contributed by atoms with Crippen LogP contribution in [-0.2, 0) is 11.3 Å². The summed E-state index contributed by atoms with van der Waals surface area (Å²) < 4.78 is 29.5. The topological polar surface area (TPSA) is 65.2 Å². The number of halogens is 2. The molecule has 82 valence electrons. The van der Waals surface area contributed by atoms with Crippen LogP contribution < -0.4 is 5.73 Å². The summed E-state index contributed by atoms with van der Waals surface area (Å²) in [6, 6.07) is 1.41. The molecule has 0 fully saturated rings. The van der Waals surface area contributed by atoms with Crippen LogP contribution >= 0.6 is 0 Å². The van der Waals surface area contributed by atoms with Gasteiger partial charge in [0.15, 0.2) is 0 Å². The second-order valence-electron chi connectivity index (χ2n) is 2.73. The molecular formula is C9H10F2N2O2. The number of nitrogens with two attached hydrogens (primary N) is 1.